The van der Waals surface area contributed by atoms with Crippen LogP contribution in [-0.4, -0.2) is 32.8 Å². The lowest BCUT2D eigenvalue weighted by atomic mass is 9.98. The van der Waals surface area contributed by atoms with Gasteiger partial charge in [0.25, 0.3) is 0 Å². The van der Waals surface area contributed by atoms with E-state index >= 15 is 0 Å². The van der Waals surface area contributed by atoms with Crippen LogP contribution < -0.4 is 5.32 Å². The number of H-pyrrole nitrogens is 1. The molecule has 5 rings (SSSR count). The second-order valence-corrected chi connectivity index (χ2v) is 8.67. The Balaban J connectivity index is 1.45. The predicted octanol–water partition coefficient (Wildman–Crippen LogP) is 5.02. The normalized spacial score (nSPS) is 15.2. The summed E-state index contributed by atoms with van der Waals surface area (Å²) in [6.45, 7) is 9.55. The lowest BCUT2D eigenvalue weighted by Gasteiger charge is -2.22. The zero-order valence-electron chi connectivity index (χ0n) is 18.0. The summed E-state index contributed by atoms with van der Waals surface area (Å²) in [5.41, 5.74) is 9.29. The van der Waals surface area contributed by atoms with E-state index in [0.29, 0.717) is 0 Å². The van der Waals surface area contributed by atoms with Crippen molar-refractivity contribution in [3.05, 3.63) is 59.7 Å². The van der Waals surface area contributed by atoms with Gasteiger partial charge in [0, 0.05) is 51.9 Å². The summed E-state index contributed by atoms with van der Waals surface area (Å²) in [5.74, 6) is 0.724. The average Bonchev–Trinajstić information content (AvgIpc) is 3.32. The molecule has 3 aromatic heterocycles. The van der Waals surface area contributed by atoms with Gasteiger partial charge in [-0.25, -0.2) is 0 Å². The van der Waals surface area contributed by atoms with Gasteiger partial charge in [0.1, 0.15) is 0 Å². The number of piperidine rings is 1. The monoisotopic (exact) mass is 399 g/mol. The number of hydrogen-bond acceptors (Lipinski definition) is 3. The molecule has 0 unspecified atom stereocenters. The van der Waals surface area contributed by atoms with Crippen molar-refractivity contribution in [1.29, 1.82) is 0 Å². The van der Waals surface area contributed by atoms with Gasteiger partial charge in [0.15, 0.2) is 0 Å². The van der Waals surface area contributed by atoms with Gasteiger partial charge in [-0.15, -0.1) is 0 Å². The first-order valence-electron chi connectivity index (χ1n) is 10.9. The Kier molecular flexibility index (Phi) is 4.91. The summed E-state index contributed by atoms with van der Waals surface area (Å²) in [5, 5.41) is 9.34. The Morgan fingerprint density at radius 3 is 2.50 bits per heavy atom. The summed E-state index contributed by atoms with van der Waals surface area (Å²) >= 11 is 0. The van der Waals surface area contributed by atoms with E-state index in [0.717, 1.165) is 36.9 Å². The molecule has 154 valence electrons. The molecule has 0 radical (unpaired) electrons. The van der Waals surface area contributed by atoms with Crippen molar-refractivity contribution in [3.63, 3.8) is 0 Å². The number of hydrogen-bond donors (Lipinski definition) is 2. The molecule has 0 saturated carbocycles. The molecular formula is C25H29N5. The molecule has 5 heteroatoms. The van der Waals surface area contributed by atoms with E-state index in [2.05, 4.69) is 68.5 Å². The number of nitrogens with one attached hydrogen (secondary N) is 2. The van der Waals surface area contributed by atoms with Crippen molar-refractivity contribution in [3.8, 4) is 22.4 Å². The van der Waals surface area contributed by atoms with Crippen LogP contribution in [-0.2, 0) is 6.54 Å². The molecule has 4 heterocycles. The molecule has 30 heavy (non-hydrogen) atoms. The summed E-state index contributed by atoms with van der Waals surface area (Å²) < 4.78 is 2.11. The minimum Gasteiger partial charge on any atom is -0.354 e. The van der Waals surface area contributed by atoms with Crippen LogP contribution in [0.25, 0.3) is 33.3 Å². The van der Waals surface area contributed by atoms with Crippen LogP contribution in [0.15, 0.2) is 42.7 Å². The second kappa shape index (κ2) is 7.73. The Labute approximate surface area is 177 Å². The van der Waals surface area contributed by atoms with Crippen LogP contribution in [0.2, 0.25) is 0 Å². The summed E-state index contributed by atoms with van der Waals surface area (Å²) in [7, 11) is 0. The minimum atomic E-state index is 0.724. The summed E-state index contributed by atoms with van der Waals surface area (Å²) in [6.07, 6.45) is 6.66. The molecular weight excluding hydrogens is 370 g/mol. The SMILES string of the molecule is Cc1cc(-c2[nH]c3cc(-c4cnn(CC5CCNCC5)c4)ccc3c2C)cc(C)n1. The van der Waals surface area contributed by atoms with E-state index in [9.17, 15) is 0 Å². The van der Waals surface area contributed by atoms with Crippen molar-refractivity contribution < 1.29 is 0 Å². The van der Waals surface area contributed by atoms with E-state index in [-0.39, 0.29) is 0 Å². The van der Waals surface area contributed by atoms with Crippen LogP contribution in [0.5, 0.6) is 0 Å². The van der Waals surface area contributed by atoms with Crippen molar-refractivity contribution in [2.24, 2.45) is 5.92 Å². The Hall–Kier alpha value is -2.92. The number of aryl methyl sites for hydroxylation is 3. The second-order valence-electron chi connectivity index (χ2n) is 8.67. The van der Waals surface area contributed by atoms with Crippen molar-refractivity contribution in [1.82, 2.24) is 25.1 Å². The number of aromatic amines is 1. The highest BCUT2D eigenvalue weighted by Gasteiger charge is 2.15. The molecule has 1 aliphatic rings. The molecule has 0 aliphatic carbocycles. The highest BCUT2D eigenvalue weighted by molar-refractivity contribution is 5.93. The predicted molar refractivity (Wildman–Crippen MR) is 123 cm³/mol. The topological polar surface area (TPSA) is 58.5 Å². The Morgan fingerprint density at radius 1 is 0.967 bits per heavy atom. The van der Waals surface area contributed by atoms with Crippen LogP contribution in [0.1, 0.15) is 29.8 Å². The minimum absolute atomic E-state index is 0.724. The van der Waals surface area contributed by atoms with Gasteiger partial charge < -0.3 is 10.3 Å². The third-order valence-electron chi connectivity index (χ3n) is 6.30. The maximum Gasteiger partial charge on any atom is 0.0568 e. The first-order chi connectivity index (χ1) is 14.6. The lowest BCUT2D eigenvalue weighted by molar-refractivity contribution is 0.321. The number of benzene rings is 1. The Morgan fingerprint density at radius 2 is 1.73 bits per heavy atom. The van der Waals surface area contributed by atoms with E-state index in [1.165, 1.54) is 51.7 Å². The molecule has 5 nitrogen and oxygen atoms in total. The third kappa shape index (κ3) is 3.65. The number of pyridine rings is 1. The summed E-state index contributed by atoms with van der Waals surface area (Å²) in [6, 6.07) is 11.0. The van der Waals surface area contributed by atoms with Gasteiger partial charge in [0.05, 0.1) is 6.20 Å². The van der Waals surface area contributed by atoms with Crippen molar-refractivity contribution in [2.75, 3.05) is 13.1 Å². The highest BCUT2D eigenvalue weighted by Crippen LogP contribution is 2.33. The number of fused-ring (bicyclic) bond motifs is 1. The maximum absolute atomic E-state index is 4.64. The zero-order valence-corrected chi connectivity index (χ0v) is 18.0. The maximum atomic E-state index is 4.64. The summed E-state index contributed by atoms with van der Waals surface area (Å²) in [4.78, 5) is 8.17. The molecule has 0 bridgehead atoms. The fraction of sp³-hybridized carbons (Fsp3) is 0.360. The molecule has 1 aromatic carbocycles. The molecule has 0 amide bonds. The number of aromatic nitrogens is 4. The van der Waals surface area contributed by atoms with Gasteiger partial charge >= 0.3 is 0 Å². The molecule has 0 spiro atoms. The van der Waals surface area contributed by atoms with E-state index in [4.69, 9.17) is 0 Å². The standard InChI is InChI=1S/C25H29N5/c1-16-10-21(11-17(2)28-16)25-18(3)23-5-4-20(12-24(23)29-25)22-13-27-30(15-22)14-19-6-8-26-9-7-19/h4-5,10-13,15,19,26,29H,6-9,14H2,1-3H3. The zero-order chi connectivity index (χ0) is 20.7. The van der Waals surface area contributed by atoms with Gasteiger partial charge in [-0.3, -0.25) is 9.67 Å². The molecule has 1 fully saturated rings. The Bertz CT molecular complexity index is 1170. The fourth-order valence-electron chi connectivity index (χ4n) is 4.73. The van der Waals surface area contributed by atoms with E-state index in [1.807, 2.05) is 20.0 Å². The molecule has 0 atom stereocenters. The smallest absolute Gasteiger partial charge is 0.0568 e. The van der Waals surface area contributed by atoms with Crippen molar-refractivity contribution in [2.45, 2.75) is 40.2 Å². The molecule has 2 N–H and O–H groups in total. The molecule has 1 aliphatic heterocycles. The largest absolute Gasteiger partial charge is 0.354 e. The van der Waals surface area contributed by atoms with Crippen molar-refractivity contribution >= 4 is 10.9 Å². The van der Waals surface area contributed by atoms with E-state index in [1.54, 1.807) is 0 Å². The van der Waals surface area contributed by atoms with Crippen LogP contribution in [0, 0.1) is 26.7 Å². The number of rotatable bonds is 4. The van der Waals surface area contributed by atoms with Crippen LogP contribution in [0.3, 0.4) is 0 Å². The fourth-order valence-corrected chi connectivity index (χ4v) is 4.73. The quantitative estimate of drug-likeness (QED) is 0.507. The molecule has 1 saturated heterocycles. The first-order valence-corrected chi connectivity index (χ1v) is 10.9. The van der Waals surface area contributed by atoms with Crippen LogP contribution >= 0.6 is 0 Å². The van der Waals surface area contributed by atoms with E-state index < -0.39 is 0 Å². The van der Waals surface area contributed by atoms with Gasteiger partial charge in [-0.2, -0.15) is 5.10 Å². The van der Waals surface area contributed by atoms with Crippen LogP contribution in [0.4, 0.5) is 0 Å². The van der Waals surface area contributed by atoms with Gasteiger partial charge in [-0.05, 0) is 81.9 Å². The van der Waals surface area contributed by atoms with Gasteiger partial charge in [-0.1, -0.05) is 12.1 Å². The number of nitrogens with zero attached hydrogens (tertiary/aromatic N) is 3. The highest BCUT2D eigenvalue weighted by atomic mass is 15.3. The first kappa shape index (κ1) is 19.1. The average molecular weight is 400 g/mol. The third-order valence-corrected chi connectivity index (χ3v) is 6.30. The molecule has 4 aromatic rings. The van der Waals surface area contributed by atoms with Gasteiger partial charge in [0.2, 0.25) is 0 Å². The lowest BCUT2D eigenvalue weighted by Crippen LogP contribution is -2.29.